The Morgan fingerprint density at radius 3 is 2.47 bits per heavy atom. The molecular weight excluding hydrogens is 400 g/mol. The van der Waals surface area contributed by atoms with Crippen LogP contribution in [0.3, 0.4) is 0 Å². The largest absolute Gasteiger partial charge is 0.480 e. The minimum absolute atomic E-state index is 0.153. The first-order chi connectivity index (χ1) is 15.5. The van der Waals surface area contributed by atoms with E-state index in [4.69, 9.17) is 9.47 Å². The Kier molecular flexibility index (Phi) is 6.49. The van der Waals surface area contributed by atoms with Crippen LogP contribution in [0.25, 0.3) is 17.0 Å². The second kappa shape index (κ2) is 9.47. The normalized spacial score (nSPS) is 15.2. The van der Waals surface area contributed by atoms with Crippen molar-refractivity contribution in [1.29, 1.82) is 0 Å². The van der Waals surface area contributed by atoms with Crippen LogP contribution in [0.1, 0.15) is 75.8 Å². The maximum absolute atomic E-state index is 6.18. The molecule has 0 aliphatic heterocycles. The van der Waals surface area contributed by atoms with Crippen LogP contribution >= 0.6 is 0 Å². The fourth-order valence-electron chi connectivity index (χ4n) is 3.71. The molecule has 1 aliphatic rings. The Morgan fingerprint density at radius 1 is 1.06 bits per heavy atom. The Hall–Kier alpha value is -3.28. The molecule has 0 radical (unpaired) electrons. The summed E-state index contributed by atoms with van der Waals surface area (Å²) in [6.45, 7) is 8.57. The number of methoxy groups -OCH3 is 1. The highest BCUT2D eigenvalue weighted by Gasteiger charge is 2.31. The lowest BCUT2D eigenvalue weighted by atomic mass is 9.99. The van der Waals surface area contributed by atoms with Crippen molar-refractivity contribution in [2.75, 3.05) is 7.11 Å². The molecule has 3 aromatic rings. The van der Waals surface area contributed by atoms with E-state index in [1.807, 2.05) is 6.92 Å². The van der Waals surface area contributed by atoms with Crippen LogP contribution in [-0.4, -0.2) is 27.0 Å². The third-order valence-electron chi connectivity index (χ3n) is 6.13. The maximum atomic E-state index is 6.18. The summed E-state index contributed by atoms with van der Waals surface area (Å²) < 4.78 is 11.7. The second-order valence-electron chi connectivity index (χ2n) is 8.28. The van der Waals surface area contributed by atoms with E-state index in [9.17, 15) is 0 Å². The molecule has 1 unspecified atom stereocenters. The van der Waals surface area contributed by atoms with Gasteiger partial charge in [0.1, 0.15) is 18.0 Å². The van der Waals surface area contributed by atoms with Crippen molar-refractivity contribution < 1.29 is 9.47 Å². The number of nitrogens with zero attached hydrogens (tertiary/aromatic N) is 4. The lowest BCUT2D eigenvalue weighted by molar-refractivity contribution is 0.217. The molecule has 4 rings (SSSR count). The lowest BCUT2D eigenvalue weighted by Gasteiger charge is -2.16. The molecule has 6 nitrogen and oxygen atoms in total. The van der Waals surface area contributed by atoms with Crippen LogP contribution in [0.5, 0.6) is 11.8 Å². The highest BCUT2D eigenvalue weighted by atomic mass is 16.5. The van der Waals surface area contributed by atoms with Crippen molar-refractivity contribution in [3.8, 4) is 23.1 Å². The molecule has 0 spiro atoms. The fourth-order valence-corrected chi connectivity index (χ4v) is 3.71. The predicted octanol–water partition coefficient (Wildman–Crippen LogP) is 6.16. The van der Waals surface area contributed by atoms with Crippen LogP contribution < -0.4 is 9.47 Å². The van der Waals surface area contributed by atoms with E-state index in [1.54, 1.807) is 25.7 Å². The number of hydrogen-bond acceptors (Lipinski definition) is 6. The Balaban J connectivity index is 1.57. The van der Waals surface area contributed by atoms with Crippen LogP contribution in [0.4, 0.5) is 0 Å². The van der Waals surface area contributed by atoms with Gasteiger partial charge in [-0.1, -0.05) is 36.8 Å². The summed E-state index contributed by atoms with van der Waals surface area (Å²) in [5.41, 5.74) is 6.78. The molecule has 1 aromatic carbocycles. The molecule has 1 atom stereocenters. The van der Waals surface area contributed by atoms with Crippen molar-refractivity contribution in [2.24, 2.45) is 0 Å². The van der Waals surface area contributed by atoms with Crippen LogP contribution in [0, 0.1) is 0 Å². The Bertz CT molecular complexity index is 1120. The van der Waals surface area contributed by atoms with Gasteiger partial charge in [-0.3, -0.25) is 0 Å². The van der Waals surface area contributed by atoms with E-state index >= 15 is 0 Å². The van der Waals surface area contributed by atoms with Gasteiger partial charge >= 0.3 is 0 Å². The molecular formula is C26H30N4O2. The van der Waals surface area contributed by atoms with E-state index in [0.717, 1.165) is 36.1 Å². The van der Waals surface area contributed by atoms with Crippen molar-refractivity contribution in [1.82, 2.24) is 19.9 Å². The van der Waals surface area contributed by atoms with E-state index in [0.29, 0.717) is 23.5 Å². The summed E-state index contributed by atoms with van der Waals surface area (Å²) in [5.74, 6) is 1.95. The van der Waals surface area contributed by atoms with Gasteiger partial charge in [0.05, 0.1) is 12.8 Å². The summed E-state index contributed by atoms with van der Waals surface area (Å²) in [5, 5.41) is 0. The smallest absolute Gasteiger partial charge is 0.227 e. The standard InChI is InChI=1S/C26H30N4O2/c1-6-16(2)17(3)19-7-9-20(10-8-19)18(4)32-22-13-14-27-25(30-22)23-24(21-11-12-21)28-15-29-26(23)31-5/h7-10,13-15,18,21H,6,11-12H2,1-5H3. The summed E-state index contributed by atoms with van der Waals surface area (Å²) in [6, 6.07) is 10.3. The summed E-state index contributed by atoms with van der Waals surface area (Å²) >= 11 is 0. The molecule has 0 N–H and O–H groups in total. The molecule has 0 saturated heterocycles. The van der Waals surface area contributed by atoms with E-state index in [2.05, 4.69) is 65.0 Å². The summed E-state index contributed by atoms with van der Waals surface area (Å²) in [4.78, 5) is 17.9. The maximum Gasteiger partial charge on any atom is 0.227 e. The minimum atomic E-state index is -0.153. The van der Waals surface area contributed by atoms with Gasteiger partial charge in [0, 0.05) is 18.2 Å². The predicted molar refractivity (Wildman–Crippen MR) is 126 cm³/mol. The average molecular weight is 431 g/mol. The molecule has 2 aromatic heterocycles. The van der Waals surface area contributed by atoms with Crippen LogP contribution in [0.15, 0.2) is 48.4 Å². The number of rotatable bonds is 8. The topological polar surface area (TPSA) is 70.0 Å². The number of hydrogen-bond donors (Lipinski definition) is 0. The molecule has 32 heavy (non-hydrogen) atoms. The number of ether oxygens (including phenoxy) is 2. The van der Waals surface area contributed by atoms with Gasteiger partial charge in [-0.05, 0) is 56.7 Å². The minimum Gasteiger partial charge on any atom is -0.480 e. The first-order valence-electron chi connectivity index (χ1n) is 11.2. The zero-order chi connectivity index (χ0) is 22.7. The number of allylic oxidation sites excluding steroid dienone is 2. The van der Waals surface area contributed by atoms with Crippen LogP contribution in [-0.2, 0) is 0 Å². The van der Waals surface area contributed by atoms with Gasteiger partial charge in [-0.15, -0.1) is 0 Å². The second-order valence-corrected chi connectivity index (χ2v) is 8.28. The highest BCUT2D eigenvalue weighted by molar-refractivity contribution is 5.67. The third kappa shape index (κ3) is 4.64. The molecule has 0 bridgehead atoms. The molecule has 2 heterocycles. The Labute approximate surface area is 189 Å². The van der Waals surface area contributed by atoms with Crippen molar-refractivity contribution in [2.45, 2.75) is 59.0 Å². The quantitative estimate of drug-likeness (QED) is 0.426. The number of aromatic nitrogens is 4. The average Bonchev–Trinajstić information content (AvgIpc) is 3.68. The van der Waals surface area contributed by atoms with Crippen molar-refractivity contribution in [3.63, 3.8) is 0 Å². The Morgan fingerprint density at radius 2 is 1.81 bits per heavy atom. The molecule has 166 valence electrons. The highest BCUT2D eigenvalue weighted by Crippen LogP contribution is 2.44. The van der Waals surface area contributed by atoms with E-state index < -0.39 is 0 Å². The lowest BCUT2D eigenvalue weighted by Crippen LogP contribution is -2.06. The zero-order valence-corrected chi connectivity index (χ0v) is 19.4. The van der Waals surface area contributed by atoms with Gasteiger partial charge in [-0.25, -0.2) is 15.0 Å². The van der Waals surface area contributed by atoms with Crippen molar-refractivity contribution in [3.05, 3.63) is 65.2 Å². The van der Waals surface area contributed by atoms with Gasteiger partial charge in [-0.2, -0.15) is 4.98 Å². The van der Waals surface area contributed by atoms with Crippen molar-refractivity contribution >= 4 is 5.57 Å². The molecule has 1 fully saturated rings. The SMILES string of the molecule is CCC(C)=C(C)c1ccc(C(C)Oc2ccnc(-c3c(OC)ncnc3C3CC3)n2)cc1. The fraction of sp³-hybridized carbons (Fsp3) is 0.385. The van der Waals surface area contributed by atoms with E-state index in [-0.39, 0.29) is 6.10 Å². The molecule has 0 amide bonds. The van der Waals surface area contributed by atoms with E-state index in [1.165, 1.54) is 16.7 Å². The molecule has 1 saturated carbocycles. The first-order valence-corrected chi connectivity index (χ1v) is 11.2. The summed E-state index contributed by atoms with van der Waals surface area (Å²) in [7, 11) is 1.60. The number of benzene rings is 1. The van der Waals surface area contributed by atoms with Gasteiger partial charge < -0.3 is 9.47 Å². The summed E-state index contributed by atoms with van der Waals surface area (Å²) in [6.07, 6.45) is 6.38. The van der Waals surface area contributed by atoms with Crippen LogP contribution in [0.2, 0.25) is 0 Å². The zero-order valence-electron chi connectivity index (χ0n) is 19.4. The molecule has 1 aliphatic carbocycles. The van der Waals surface area contributed by atoms with Gasteiger partial charge in [0.25, 0.3) is 0 Å². The first kappa shape index (κ1) is 21.9. The molecule has 6 heteroatoms. The third-order valence-corrected chi connectivity index (χ3v) is 6.13. The van der Waals surface area contributed by atoms with Gasteiger partial charge in [0.2, 0.25) is 11.8 Å². The van der Waals surface area contributed by atoms with Gasteiger partial charge in [0.15, 0.2) is 5.82 Å². The monoisotopic (exact) mass is 430 g/mol.